The summed E-state index contributed by atoms with van der Waals surface area (Å²) in [7, 11) is 0. The Labute approximate surface area is 198 Å². The largest absolute Gasteiger partial charge is 0.573 e. The smallest absolute Gasteiger partial charge is 0.406 e. The number of aromatic nitrogens is 2. The van der Waals surface area contributed by atoms with Crippen molar-refractivity contribution in [2.75, 3.05) is 26.2 Å². The third-order valence-corrected chi connectivity index (χ3v) is 7.64. The second-order valence-electron chi connectivity index (χ2n) is 9.63. The van der Waals surface area contributed by atoms with Crippen molar-refractivity contribution < 1.29 is 27.1 Å². The minimum Gasteiger partial charge on any atom is -0.406 e. The normalized spacial score (nSPS) is 22.5. The second-order valence-corrected chi connectivity index (χ2v) is 9.63. The Balaban J connectivity index is 1.20. The third kappa shape index (κ3) is 3.93. The number of piperidine rings is 1. The molecule has 6 rings (SSSR count). The molecule has 2 aromatic heterocycles. The van der Waals surface area contributed by atoms with Crippen molar-refractivity contribution in [3.8, 4) is 5.75 Å². The fourth-order valence-electron chi connectivity index (χ4n) is 6.10. The molecule has 0 radical (unpaired) electrons. The van der Waals surface area contributed by atoms with Crippen molar-refractivity contribution in [1.29, 1.82) is 0 Å². The Morgan fingerprint density at radius 1 is 1.09 bits per heavy atom. The molecule has 35 heavy (non-hydrogen) atoms. The molecule has 2 atom stereocenters. The van der Waals surface area contributed by atoms with E-state index in [0.717, 1.165) is 42.7 Å². The summed E-state index contributed by atoms with van der Waals surface area (Å²) in [5, 5.41) is 4.36. The predicted molar refractivity (Wildman–Crippen MR) is 120 cm³/mol. The molecule has 2 N–H and O–H groups in total. The van der Waals surface area contributed by atoms with Crippen molar-refractivity contribution in [3.63, 3.8) is 0 Å². The van der Waals surface area contributed by atoms with E-state index < -0.39 is 6.36 Å². The van der Waals surface area contributed by atoms with Crippen molar-refractivity contribution in [2.45, 2.75) is 37.5 Å². The highest BCUT2D eigenvalue weighted by molar-refractivity contribution is 5.94. The number of carbonyl (C=O) groups excluding carboxylic acids is 1. The first-order chi connectivity index (χ1) is 16.8. The summed E-state index contributed by atoms with van der Waals surface area (Å²) in [5.41, 5.74) is 4.09. The number of benzene rings is 1. The molecule has 0 saturated carbocycles. The van der Waals surface area contributed by atoms with Crippen LogP contribution in [0.3, 0.4) is 0 Å². The Hall–Kier alpha value is -3.14. The SMILES string of the molecule is O=C(c1ccc(OC(F)(F)F)cc1)N1CCC(c2c(F)cnc3[nH]c4c(c23)[C@H]2CNC[C@H]2C4)CC1. The molecule has 2 saturated heterocycles. The fraction of sp³-hybridized carbons (Fsp3) is 0.440. The number of hydrogen-bond acceptors (Lipinski definition) is 4. The van der Waals surface area contributed by atoms with Crippen LogP contribution in [0, 0.1) is 11.7 Å². The molecule has 0 unspecified atom stereocenters. The number of hydrogen-bond donors (Lipinski definition) is 2. The molecule has 2 fully saturated rings. The van der Waals surface area contributed by atoms with Crippen LogP contribution < -0.4 is 10.1 Å². The van der Waals surface area contributed by atoms with E-state index >= 15 is 4.39 Å². The number of amides is 1. The van der Waals surface area contributed by atoms with Gasteiger partial charge in [-0.2, -0.15) is 0 Å². The topological polar surface area (TPSA) is 70.2 Å². The number of rotatable bonds is 3. The van der Waals surface area contributed by atoms with Crippen LogP contribution in [-0.4, -0.2) is 53.3 Å². The number of likely N-dealkylation sites (tertiary alicyclic amines) is 1. The van der Waals surface area contributed by atoms with Gasteiger partial charge in [-0.05, 0) is 67.5 Å². The van der Waals surface area contributed by atoms with E-state index in [1.165, 1.54) is 29.6 Å². The fourth-order valence-corrected chi connectivity index (χ4v) is 6.10. The number of nitrogens with one attached hydrogen (secondary N) is 2. The minimum atomic E-state index is -4.78. The number of nitrogens with zero attached hydrogens (tertiary/aromatic N) is 2. The van der Waals surface area contributed by atoms with E-state index in [4.69, 9.17) is 0 Å². The van der Waals surface area contributed by atoms with Gasteiger partial charge >= 0.3 is 6.36 Å². The first-order valence-corrected chi connectivity index (χ1v) is 11.8. The number of pyridine rings is 1. The average Bonchev–Trinajstić information content (AvgIpc) is 3.49. The van der Waals surface area contributed by atoms with Crippen LogP contribution in [0.25, 0.3) is 11.0 Å². The van der Waals surface area contributed by atoms with Crippen LogP contribution in [-0.2, 0) is 6.42 Å². The van der Waals surface area contributed by atoms with E-state index in [1.807, 2.05) is 0 Å². The van der Waals surface area contributed by atoms with Gasteiger partial charge in [0.05, 0.1) is 6.20 Å². The highest BCUT2D eigenvalue weighted by Gasteiger charge is 2.40. The molecule has 0 bridgehead atoms. The maximum Gasteiger partial charge on any atom is 0.573 e. The standard InChI is InChI=1S/C25H24F4N4O2/c26-18-12-31-23-22(21-17-11-30-10-15(17)9-19(21)32-23)20(18)13-5-7-33(8-6-13)24(34)14-1-3-16(4-2-14)35-25(27,28)29/h1-4,12-13,15,17,30H,5-11H2,(H,31,32)/t15-,17+/m1/s1. The van der Waals surface area contributed by atoms with E-state index in [0.29, 0.717) is 48.9 Å². The van der Waals surface area contributed by atoms with Gasteiger partial charge in [0.15, 0.2) is 0 Å². The molecule has 4 heterocycles. The van der Waals surface area contributed by atoms with Gasteiger partial charge in [-0.3, -0.25) is 4.79 Å². The lowest BCUT2D eigenvalue weighted by Gasteiger charge is -2.33. The molecule has 1 aliphatic carbocycles. The van der Waals surface area contributed by atoms with Crippen molar-refractivity contribution >= 4 is 16.9 Å². The van der Waals surface area contributed by atoms with Gasteiger partial charge in [0.2, 0.25) is 0 Å². The first kappa shape index (κ1) is 22.3. The van der Waals surface area contributed by atoms with Gasteiger partial charge in [-0.25, -0.2) is 9.37 Å². The quantitative estimate of drug-likeness (QED) is 0.534. The van der Waals surface area contributed by atoms with Gasteiger partial charge < -0.3 is 19.9 Å². The maximum absolute atomic E-state index is 15.2. The van der Waals surface area contributed by atoms with Gasteiger partial charge in [0.1, 0.15) is 17.2 Å². The molecule has 1 amide bonds. The lowest BCUT2D eigenvalue weighted by molar-refractivity contribution is -0.274. The van der Waals surface area contributed by atoms with Crippen LogP contribution >= 0.6 is 0 Å². The molecule has 3 aromatic rings. The summed E-state index contributed by atoms with van der Waals surface area (Å²) < 4.78 is 56.2. The summed E-state index contributed by atoms with van der Waals surface area (Å²) in [6.07, 6.45) is -1.34. The second kappa shape index (κ2) is 8.22. The van der Waals surface area contributed by atoms with Gasteiger partial charge in [-0.1, -0.05) is 0 Å². The number of carbonyl (C=O) groups is 1. The highest BCUT2D eigenvalue weighted by atomic mass is 19.4. The number of aromatic amines is 1. The zero-order valence-corrected chi connectivity index (χ0v) is 18.8. The Bertz CT molecular complexity index is 1280. The first-order valence-electron chi connectivity index (χ1n) is 11.8. The summed E-state index contributed by atoms with van der Waals surface area (Å²) in [5.74, 6) is -0.0798. The van der Waals surface area contributed by atoms with Crippen LogP contribution in [0.4, 0.5) is 17.6 Å². The zero-order chi connectivity index (χ0) is 24.3. The number of H-pyrrole nitrogens is 1. The van der Waals surface area contributed by atoms with Crippen LogP contribution in [0.1, 0.15) is 51.9 Å². The molecule has 1 aromatic carbocycles. The lowest BCUT2D eigenvalue weighted by atomic mass is 9.85. The van der Waals surface area contributed by atoms with Gasteiger partial charge in [0.25, 0.3) is 5.91 Å². The molecule has 2 aliphatic heterocycles. The highest BCUT2D eigenvalue weighted by Crippen LogP contribution is 2.47. The Morgan fingerprint density at radius 3 is 2.54 bits per heavy atom. The summed E-state index contributed by atoms with van der Waals surface area (Å²) in [4.78, 5) is 22.4. The molecule has 0 spiro atoms. The summed E-state index contributed by atoms with van der Waals surface area (Å²) in [6.45, 7) is 2.73. The van der Waals surface area contributed by atoms with E-state index in [-0.39, 0.29) is 23.4 Å². The Kier molecular flexibility index (Phi) is 5.24. The number of fused-ring (bicyclic) bond motifs is 5. The lowest BCUT2D eigenvalue weighted by Crippen LogP contribution is -2.38. The number of ether oxygens (including phenoxy) is 1. The number of alkyl halides is 3. The van der Waals surface area contributed by atoms with E-state index in [9.17, 15) is 18.0 Å². The van der Waals surface area contributed by atoms with Crippen molar-refractivity contribution in [1.82, 2.24) is 20.2 Å². The minimum absolute atomic E-state index is 0.0413. The van der Waals surface area contributed by atoms with E-state index in [1.54, 1.807) is 4.90 Å². The zero-order valence-electron chi connectivity index (χ0n) is 18.8. The van der Waals surface area contributed by atoms with Crippen LogP contribution in [0.2, 0.25) is 0 Å². The average molecular weight is 488 g/mol. The summed E-state index contributed by atoms with van der Waals surface area (Å²) >= 11 is 0. The predicted octanol–water partition coefficient (Wildman–Crippen LogP) is 4.48. The molecular weight excluding hydrogens is 464 g/mol. The summed E-state index contributed by atoms with van der Waals surface area (Å²) in [6, 6.07) is 4.93. The molecule has 6 nitrogen and oxygen atoms in total. The molecule has 184 valence electrons. The monoisotopic (exact) mass is 488 g/mol. The van der Waals surface area contributed by atoms with Crippen LogP contribution in [0.5, 0.6) is 5.75 Å². The molecule has 10 heteroatoms. The van der Waals surface area contributed by atoms with Gasteiger partial charge in [-0.15, -0.1) is 13.2 Å². The number of halogens is 4. The maximum atomic E-state index is 15.2. The van der Waals surface area contributed by atoms with Crippen molar-refractivity contribution in [2.24, 2.45) is 5.92 Å². The van der Waals surface area contributed by atoms with Crippen molar-refractivity contribution in [3.05, 3.63) is 58.7 Å². The third-order valence-electron chi connectivity index (χ3n) is 7.64. The van der Waals surface area contributed by atoms with Crippen LogP contribution in [0.15, 0.2) is 30.5 Å². The molecular formula is C25H24F4N4O2. The van der Waals surface area contributed by atoms with E-state index in [2.05, 4.69) is 20.0 Å². The Morgan fingerprint density at radius 2 is 1.83 bits per heavy atom. The molecule has 3 aliphatic rings. The van der Waals surface area contributed by atoms with Gasteiger partial charge in [0, 0.05) is 47.8 Å².